The minimum Gasteiger partial charge on any atom is -0.444 e. The van der Waals surface area contributed by atoms with Gasteiger partial charge in [-0.05, 0) is 88.9 Å². The lowest BCUT2D eigenvalue weighted by molar-refractivity contribution is -0.136. The van der Waals surface area contributed by atoms with E-state index in [1.807, 2.05) is 31.7 Å². The summed E-state index contributed by atoms with van der Waals surface area (Å²) >= 11 is 0. The second-order valence-corrected chi connectivity index (χ2v) is 12.2. The van der Waals surface area contributed by atoms with E-state index >= 15 is 0 Å². The summed E-state index contributed by atoms with van der Waals surface area (Å²) in [4.78, 5) is 56.2. The lowest BCUT2D eigenvalue weighted by Gasteiger charge is -2.37. The number of hydrogen-bond donors (Lipinski definition) is 1. The molecular formula is C31H40N6O5. The molecule has 1 N–H and O–H groups in total. The summed E-state index contributed by atoms with van der Waals surface area (Å²) in [6.07, 6.45) is 6.64. The van der Waals surface area contributed by atoms with Gasteiger partial charge in [0.25, 0.3) is 5.91 Å². The molecule has 1 saturated heterocycles. The van der Waals surface area contributed by atoms with E-state index in [1.54, 1.807) is 12.1 Å². The first-order valence-corrected chi connectivity index (χ1v) is 14.9. The van der Waals surface area contributed by atoms with E-state index in [2.05, 4.69) is 27.2 Å². The third-order valence-electron chi connectivity index (χ3n) is 7.96. The van der Waals surface area contributed by atoms with Crippen LogP contribution in [0.2, 0.25) is 0 Å². The summed E-state index contributed by atoms with van der Waals surface area (Å²) in [5.41, 5.74) is 10.3. The van der Waals surface area contributed by atoms with Crippen LogP contribution in [-0.4, -0.2) is 63.9 Å². The number of benzene rings is 1. The van der Waals surface area contributed by atoms with Gasteiger partial charge in [0.2, 0.25) is 11.8 Å². The number of nitrogens with one attached hydrogen (secondary N) is 1. The molecule has 2 aliphatic heterocycles. The summed E-state index contributed by atoms with van der Waals surface area (Å²) in [6, 6.07) is 4.88. The van der Waals surface area contributed by atoms with Gasteiger partial charge in [-0.3, -0.25) is 19.7 Å². The van der Waals surface area contributed by atoms with Gasteiger partial charge >= 0.3 is 6.09 Å². The van der Waals surface area contributed by atoms with Crippen molar-refractivity contribution in [3.63, 3.8) is 0 Å². The van der Waals surface area contributed by atoms with Crippen LogP contribution in [0.5, 0.6) is 0 Å². The van der Waals surface area contributed by atoms with Crippen molar-refractivity contribution in [3.8, 4) is 11.8 Å². The van der Waals surface area contributed by atoms with Crippen LogP contribution in [0.3, 0.4) is 0 Å². The van der Waals surface area contributed by atoms with Crippen molar-refractivity contribution in [2.75, 3.05) is 6.54 Å². The van der Waals surface area contributed by atoms with Crippen LogP contribution in [0.25, 0.3) is 10.4 Å². The quantitative estimate of drug-likeness (QED) is 0.113. The molecule has 4 amide bonds. The van der Waals surface area contributed by atoms with Gasteiger partial charge < -0.3 is 14.5 Å². The highest BCUT2D eigenvalue weighted by atomic mass is 16.6. The van der Waals surface area contributed by atoms with Gasteiger partial charge in [0, 0.05) is 54.1 Å². The highest BCUT2D eigenvalue weighted by Gasteiger charge is 2.39. The van der Waals surface area contributed by atoms with E-state index in [-0.39, 0.29) is 36.4 Å². The molecule has 0 bridgehead atoms. The summed E-state index contributed by atoms with van der Waals surface area (Å²) < 4.78 is 5.69. The van der Waals surface area contributed by atoms with Crippen molar-refractivity contribution in [3.05, 3.63) is 45.3 Å². The lowest BCUT2D eigenvalue weighted by Crippen LogP contribution is -2.52. The van der Waals surface area contributed by atoms with Crippen molar-refractivity contribution in [2.45, 2.75) is 115 Å². The van der Waals surface area contributed by atoms with Crippen LogP contribution in [0, 0.1) is 11.8 Å². The Labute approximate surface area is 246 Å². The summed E-state index contributed by atoms with van der Waals surface area (Å²) in [6.45, 7) is 6.50. The topological polar surface area (TPSA) is 145 Å². The zero-order valence-electron chi connectivity index (χ0n) is 24.7. The third kappa shape index (κ3) is 7.83. The van der Waals surface area contributed by atoms with Gasteiger partial charge in [-0.1, -0.05) is 29.4 Å². The molecule has 42 heavy (non-hydrogen) atoms. The molecule has 0 aromatic heterocycles. The molecular weight excluding hydrogens is 536 g/mol. The van der Waals surface area contributed by atoms with E-state index in [4.69, 9.17) is 10.3 Å². The second-order valence-electron chi connectivity index (χ2n) is 12.2. The zero-order chi connectivity index (χ0) is 30.3. The summed E-state index contributed by atoms with van der Waals surface area (Å²) in [7, 11) is 0. The molecule has 2 fully saturated rings. The van der Waals surface area contributed by atoms with E-state index in [0.717, 1.165) is 56.1 Å². The number of amides is 4. The van der Waals surface area contributed by atoms with E-state index in [9.17, 15) is 19.2 Å². The maximum absolute atomic E-state index is 13.0. The number of ether oxygens (including phenoxy) is 1. The van der Waals surface area contributed by atoms with Gasteiger partial charge in [-0.2, -0.15) is 0 Å². The largest absolute Gasteiger partial charge is 0.444 e. The van der Waals surface area contributed by atoms with Crippen molar-refractivity contribution in [1.82, 2.24) is 15.1 Å². The predicted octanol–water partition coefficient (Wildman–Crippen LogP) is 5.22. The number of rotatable bonds is 8. The number of imide groups is 1. The minimum atomic E-state index is -0.648. The maximum atomic E-state index is 13.0. The predicted molar refractivity (Wildman–Crippen MR) is 156 cm³/mol. The SMILES string of the molecule is CC(C)(C)OC(=O)N(CCCCCC#Cc1cccc2c1CN(C1CCC(=O)NC1=O)C2=O)C1CCC(N=[N+]=[N-])CC1. The molecule has 224 valence electrons. The molecule has 1 aromatic rings. The smallest absolute Gasteiger partial charge is 0.410 e. The molecule has 0 radical (unpaired) electrons. The van der Waals surface area contributed by atoms with Gasteiger partial charge in [0.15, 0.2) is 0 Å². The number of carbonyl (C=O) groups excluding carboxylic acids is 4. The van der Waals surface area contributed by atoms with Gasteiger partial charge in [-0.15, -0.1) is 0 Å². The van der Waals surface area contributed by atoms with E-state index in [0.29, 0.717) is 31.5 Å². The molecule has 1 saturated carbocycles. The van der Waals surface area contributed by atoms with Crippen LogP contribution in [0.1, 0.15) is 106 Å². The zero-order valence-corrected chi connectivity index (χ0v) is 24.7. The molecule has 3 aliphatic rings. The Morgan fingerprint density at radius 3 is 2.60 bits per heavy atom. The fraction of sp³-hybridized carbons (Fsp3) is 0.613. The Balaban J connectivity index is 1.29. The number of fused-ring (bicyclic) bond motifs is 1. The summed E-state index contributed by atoms with van der Waals surface area (Å²) in [5, 5.41) is 6.18. The van der Waals surface area contributed by atoms with Crippen LogP contribution in [-0.2, 0) is 20.9 Å². The highest BCUT2D eigenvalue weighted by Crippen LogP contribution is 2.30. The Bertz CT molecular complexity index is 1310. The van der Waals surface area contributed by atoms with Gasteiger partial charge in [0.05, 0.1) is 0 Å². The standard InChI is InChI=1S/C31H40N6O5/c1-31(2,3)42-30(41)36(23-15-13-22(14-16-23)34-35-32)19-8-6-4-5-7-10-21-11-9-12-24-25(21)20-37(29(24)40)26-17-18-27(38)33-28(26)39/h9,11-12,22-23,26H,4-6,8,13-20H2,1-3H3,(H,33,38,39). The van der Waals surface area contributed by atoms with Crippen molar-refractivity contribution >= 4 is 23.8 Å². The molecule has 4 rings (SSSR count). The molecule has 0 spiro atoms. The number of carbonyl (C=O) groups is 4. The molecule has 1 aliphatic carbocycles. The molecule has 1 atom stereocenters. The van der Waals surface area contributed by atoms with E-state index in [1.165, 1.54) is 4.90 Å². The summed E-state index contributed by atoms with van der Waals surface area (Å²) in [5.74, 6) is 5.51. The molecule has 11 nitrogen and oxygen atoms in total. The second kappa shape index (κ2) is 13.8. The first-order valence-electron chi connectivity index (χ1n) is 14.9. The first-order chi connectivity index (χ1) is 20.1. The number of hydrogen-bond acceptors (Lipinski definition) is 6. The highest BCUT2D eigenvalue weighted by molar-refractivity contribution is 6.05. The Kier molecular flexibility index (Phi) is 10.1. The van der Waals surface area contributed by atoms with Crippen LogP contribution < -0.4 is 5.32 Å². The van der Waals surface area contributed by atoms with Crippen LogP contribution in [0.15, 0.2) is 23.3 Å². The fourth-order valence-corrected chi connectivity index (χ4v) is 5.83. The van der Waals surface area contributed by atoms with Crippen molar-refractivity contribution in [2.24, 2.45) is 5.11 Å². The van der Waals surface area contributed by atoms with E-state index < -0.39 is 17.6 Å². The van der Waals surface area contributed by atoms with Gasteiger partial charge in [0.1, 0.15) is 11.6 Å². The maximum Gasteiger partial charge on any atom is 0.410 e. The van der Waals surface area contributed by atoms with Crippen molar-refractivity contribution in [1.29, 1.82) is 0 Å². The monoisotopic (exact) mass is 576 g/mol. The molecule has 11 heteroatoms. The fourth-order valence-electron chi connectivity index (χ4n) is 5.83. The van der Waals surface area contributed by atoms with Crippen LogP contribution in [0.4, 0.5) is 4.79 Å². The molecule has 2 heterocycles. The lowest BCUT2D eigenvalue weighted by atomic mass is 9.90. The minimum absolute atomic E-state index is 0.00483. The Morgan fingerprint density at radius 1 is 1.14 bits per heavy atom. The van der Waals surface area contributed by atoms with Gasteiger partial charge in [-0.25, -0.2) is 4.79 Å². The molecule has 1 aromatic carbocycles. The normalized spacial score (nSPS) is 21.9. The Morgan fingerprint density at radius 2 is 1.90 bits per heavy atom. The number of azide groups is 1. The Hall–Kier alpha value is -4.03. The van der Waals surface area contributed by atoms with Crippen LogP contribution >= 0.6 is 0 Å². The number of nitrogens with zero attached hydrogens (tertiary/aromatic N) is 5. The molecule has 1 unspecified atom stereocenters. The third-order valence-corrected chi connectivity index (χ3v) is 7.96. The number of piperidine rings is 1. The average Bonchev–Trinajstić information content (AvgIpc) is 3.27. The number of unbranched alkanes of at least 4 members (excludes halogenated alkanes) is 3. The van der Waals surface area contributed by atoms with Crippen molar-refractivity contribution < 1.29 is 23.9 Å². The average molecular weight is 577 g/mol. The first kappa shape index (κ1) is 30.9.